The lowest BCUT2D eigenvalue weighted by Gasteiger charge is -2.10. The Morgan fingerprint density at radius 3 is 2.36 bits per heavy atom. The molecule has 0 spiro atoms. The Morgan fingerprint density at radius 1 is 1.05 bits per heavy atom. The molecule has 2 N–H and O–H groups in total. The largest absolute Gasteiger partial charge is 0.382 e. The number of hydrogen-bond donors (Lipinski definition) is 2. The second-order valence-electron chi connectivity index (χ2n) is 4.45. The number of anilines is 2. The summed E-state index contributed by atoms with van der Waals surface area (Å²) in [6, 6.07) is 8.23. The molecule has 0 atom stereocenters. The number of nitrogens with one attached hydrogen (secondary N) is 2. The van der Waals surface area contributed by atoms with Gasteiger partial charge in [0.05, 0.1) is 15.7 Å². The fourth-order valence-electron chi connectivity index (χ4n) is 1.77. The summed E-state index contributed by atoms with van der Waals surface area (Å²) in [6.45, 7) is 0.291. The minimum atomic E-state index is -1.02. The van der Waals surface area contributed by atoms with E-state index < -0.39 is 11.6 Å². The summed E-state index contributed by atoms with van der Waals surface area (Å²) in [5.74, 6) is -2.33. The van der Waals surface area contributed by atoms with E-state index in [0.717, 1.165) is 12.1 Å². The molecular formula is C15H12Cl2F2N2O. The molecule has 2 aromatic carbocycles. The Balaban J connectivity index is 1.86. The Morgan fingerprint density at radius 2 is 1.73 bits per heavy atom. The van der Waals surface area contributed by atoms with E-state index in [1.165, 1.54) is 6.07 Å². The standard InChI is InChI=1S/C15H12Cl2F2N2O/c16-10-2-1-3-11(17)15(10)20-7-6-14(22)21-9-4-5-12(18)13(19)8-9/h1-5,8,20H,6-7H2,(H,21,22). The van der Waals surface area contributed by atoms with Crippen LogP contribution in [0.1, 0.15) is 6.42 Å². The van der Waals surface area contributed by atoms with Gasteiger partial charge < -0.3 is 10.6 Å². The SMILES string of the molecule is O=C(CCNc1c(Cl)cccc1Cl)Nc1ccc(F)c(F)c1. The van der Waals surface area contributed by atoms with Crippen LogP contribution in [-0.4, -0.2) is 12.5 Å². The number of benzene rings is 2. The molecule has 1 amide bonds. The number of carbonyl (C=O) groups excluding carboxylic acids is 1. The van der Waals surface area contributed by atoms with Gasteiger partial charge in [-0.05, 0) is 24.3 Å². The maximum Gasteiger partial charge on any atom is 0.226 e. The summed E-state index contributed by atoms with van der Waals surface area (Å²) in [7, 11) is 0. The van der Waals surface area contributed by atoms with E-state index in [1.807, 2.05) is 0 Å². The van der Waals surface area contributed by atoms with E-state index >= 15 is 0 Å². The van der Waals surface area contributed by atoms with E-state index in [-0.39, 0.29) is 18.0 Å². The van der Waals surface area contributed by atoms with Gasteiger partial charge in [-0.15, -0.1) is 0 Å². The quantitative estimate of drug-likeness (QED) is 0.824. The average Bonchev–Trinajstić information content (AvgIpc) is 2.46. The first kappa shape index (κ1) is 16.5. The molecule has 0 saturated carbocycles. The highest BCUT2D eigenvalue weighted by atomic mass is 35.5. The van der Waals surface area contributed by atoms with Crippen molar-refractivity contribution in [3.8, 4) is 0 Å². The Bertz CT molecular complexity index is 675. The molecule has 0 saturated heterocycles. The van der Waals surface area contributed by atoms with Crippen molar-refractivity contribution in [3.05, 3.63) is 58.1 Å². The van der Waals surface area contributed by atoms with Gasteiger partial charge in [0.15, 0.2) is 11.6 Å². The topological polar surface area (TPSA) is 41.1 Å². The highest BCUT2D eigenvalue weighted by Crippen LogP contribution is 2.29. The number of amides is 1. The van der Waals surface area contributed by atoms with Crippen molar-refractivity contribution < 1.29 is 13.6 Å². The summed E-state index contributed by atoms with van der Waals surface area (Å²) < 4.78 is 25.8. The summed E-state index contributed by atoms with van der Waals surface area (Å²) in [6.07, 6.45) is 0.112. The zero-order valence-electron chi connectivity index (χ0n) is 11.3. The first-order valence-electron chi connectivity index (χ1n) is 6.40. The van der Waals surface area contributed by atoms with Crippen LogP contribution >= 0.6 is 23.2 Å². The zero-order chi connectivity index (χ0) is 16.1. The molecule has 0 aliphatic heterocycles. The van der Waals surface area contributed by atoms with Crippen LogP contribution in [0, 0.1) is 11.6 Å². The van der Waals surface area contributed by atoms with Gasteiger partial charge in [-0.1, -0.05) is 29.3 Å². The third kappa shape index (κ3) is 4.32. The lowest BCUT2D eigenvalue weighted by atomic mass is 10.2. The predicted molar refractivity (Wildman–Crippen MR) is 84.6 cm³/mol. The predicted octanol–water partition coefficient (Wildman–Crippen LogP) is 4.71. The van der Waals surface area contributed by atoms with E-state index in [0.29, 0.717) is 22.3 Å². The van der Waals surface area contributed by atoms with Crippen LogP contribution in [0.15, 0.2) is 36.4 Å². The van der Waals surface area contributed by atoms with Crippen LogP contribution in [0.3, 0.4) is 0 Å². The minimum absolute atomic E-state index is 0.112. The number of rotatable bonds is 5. The molecule has 2 rings (SSSR count). The normalized spacial score (nSPS) is 10.4. The van der Waals surface area contributed by atoms with Crippen molar-refractivity contribution in [1.82, 2.24) is 0 Å². The van der Waals surface area contributed by atoms with Crippen molar-refractivity contribution in [2.45, 2.75) is 6.42 Å². The van der Waals surface area contributed by atoms with Crippen molar-refractivity contribution in [2.24, 2.45) is 0 Å². The van der Waals surface area contributed by atoms with Crippen molar-refractivity contribution in [3.63, 3.8) is 0 Å². The number of carbonyl (C=O) groups is 1. The molecular weight excluding hydrogens is 333 g/mol. The fourth-order valence-corrected chi connectivity index (χ4v) is 2.30. The van der Waals surface area contributed by atoms with Gasteiger partial charge in [-0.3, -0.25) is 4.79 Å². The molecule has 0 aromatic heterocycles. The van der Waals surface area contributed by atoms with Gasteiger partial charge in [0.1, 0.15) is 0 Å². The van der Waals surface area contributed by atoms with Gasteiger partial charge in [0.25, 0.3) is 0 Å². The van der Waals surface area contributed by atoms with Crippen LogP contribution < -0.4 is 10.6 Å². The van der Waals surface area contributed by atoms with Crippen LogP contribution in [0.25, 0.3) is 0 Å². The number of halogens is 4. The maximum absolute atomic E-state index is 13.0. The van der Waals surface area contributed by atoms with Gasteiger partial charge in [-0.2, -0.15) is 0 Å². The van der Waals surface area contributed by atoms with Gasteiger partial charge in [0.2, 0.25) is 5.91 Å². The summed E-state index contributed by atoms with van der Waals surface area (Å²) in [5.41, 5.74) is 0.742. The number of para-hydroxylation sites is 1. The lowest BCUT2D eigenvalue weighted by molar-refractivity contribution is -0.115. The number of hydrogen-bond acceptors (Lipinski definition) is 2. The molecule has 2 aromatic rings. The van der Waals surface area contributed by atoms with Gasteiger partial charge in [-0.25, -0.2) is 8.78 Å². The summed E-state index contributed by atoms with van der Waals surface area (Å²) in [5, 5.41) is 6.34. The highest BCUT2D eigenvalue weighted by molar-refractivity contribution is 6.39. The molecule has 116 valence electrons. The van der Waals surface area contributed by atoms with Gasteiger partial charge >= 0.3 is 0 Å². The van der Waals surface area contributed by atoms with Crippen molar-refractivity contribution in [1.29, 1.82) is 0 Å². The molecule has 0 aliphatic rings. The second kappa shape index (κ2) is 7.42. The van der Waals surface area contributed by atoms with E-state index in [9.17, 15) is 13.6 Å². The Labute approximate surface area is 136 Å². The zero-order valence-corrected chi connectivity index (χ0v) is 12.8. The van der Waals surface area contributed by atoms with E-state index in [2.05, 4.69) is 10.6 Å². The molecule has 7 heteroatoms. The summed E-state index contributed by atoms with van der Waals surface area (Å²) >= 11 is 12.0. The monoisotopic (exact) mass is 344 g/mol. The van der Waals surface area contributed by atoms with Crippen LogP contribution in [0.4, 0.5) is 20.2 Å². The molecule has 0 bridgehead atoms. The fraction of sp³-hybridized carbons (Fsp3) is 0.133. The highest BCUT2D eigenvalue weighted by Gasteiger charge is 2.08. The average molecular weight is 345 g/mol. The van der Waals surface area contributed by atoms with Crippen molar-refractivity contribution in [2.75, 3.05) is 17.2 Å². The van der Waals surface area contributed by atoms with Crippen LogP contribution in [0.5, 0.6) is 0 Å². The molecule has 0 heterocycles. The van der Waals surface area contributed by atoms with E-state index in [1.54, 1.807) is 18.2 Å². The molecule has 0 fully saturated rings. The van der Waals surface area contributed by atoms with Gasteiger partial charge in [0, 0.05) is 24.7 Å². The lowest BCUT2D eigenvalue weighted by Crippen LogP contribution is -2.16. The van der Waals surface area contributed by atoms with Crippen LogP contribution in [0.2, 0.25) is 10.0 Å². The first-order chi connectivity index (χ1) is 10.5. The molecule has 0 aliphatic carbocycles. The second-order valence-corrected chi connectivity index (χ2v) is 5.26. The smallest absolute Gasteiger partial charge is 0.226 e. The third-order valence-electron chi connectivity index (χ3n) is 2.82. The van der Waals surface area contributed by atoms with E-state index in [4.69, 9.17) is 23.2 Å². The third-order valence-corrected chi connectivity index (χ3v) is 3.45. The molecule has 22 heavy (non-hydrogen) atoms. The Hall–Kier alpha value is -1.85. The maximum atomic E-state index is 13.0. The minimum Gasteiger partial charge on any atom is -0.382 e. The molecule has 3 nitrogen and oxygen atoms in total. The Kier molecular flexibility index (Phi) is 5.57. The summed E-state index contributed by atoms with van der Waals surface area (Å²) in [4.78, 5) is 11.7. The molecule has 0 radical (unpaired) electrons. The van der Waals surface area contributed by atoms with Crippen LogP contribution in [-0.2, 0) is 4.79 Å². The van der Waals surface area contributed by atoms with Crippen molar-refractivity contribution >= 4 is 40.5 Å². The first-order valence-corrected chi connectivity index (χ1v) is 7.16. The molecule has 0 unspecified atom stereocenters.